The van der Waals surface area contributed by atoms with Gasteiger partial charge in [0.1, 0.15) is 5.71 Å². The minimum atomic E-state index is 0.267. The molecule has 0 aromatic carbocycles. The Morgan fingerprint density at radius 1 is 1.58 bits per heavy atom. The SMILES string of the molecule is [O-][n+]1onc2c1/C(=N\O)CCC2. The molecule has 0 atom stereocenters. The van der Waals surface area contributed by atoms with E-state index in [4.69, 9.17) is 5.21 Å². The minimum absolute atomic E-state index is 0.267. The van der Waals surface area contributed by atoms with Gasteiger partial charge in [-0.15, -0.1) is 0 Å². The fraction of sp³-hybridized carbons (Fsp3) is 0.500. The molecule has 64 valence electrons. The van der Waals surface area contributed by atoms with E-state index in [1.165, 1.54) is 0 Å². The lowest BCUT2D eigenvalue weighted by Crippen LogP contribution is -2.33. The summed E-state index contributed by atoms with van der Waals surface area (Å²) < 4.78 is 4.37. The largest absolute Gasteiger partial charge is 0.411 e. The third-order valence-corrected chi connectivity index (χ3v) is 1.90. The number of aromatic nitrogens is 2. The van der Waals surface area contributed by atoms with Crippen molar-refractivity contribution < 1.29 is 14.7 Å². The molecular formula is C6H7N3O3. The van der Waals surface area contributed by atoms with Gasteiger partial charge in [0.2, 0.25) is 11.4 Å². The first-order chi connectivity index (χ1) is 5.83. The van der Waals surface area contributed by atoms with Gasteiger partial charge in [-0.2, -0.15) is 0 Å². The number of hydrogen-bond donors (Lipinski definition) is 1. The van der Waals surface area contributed by atoms with Gasteiger partial charge in [0.15, 0.2) is 0 Å². The zero-order valence-electron chi connectivity index (χ0n) is 6.23. The molecule has 1 aromatic heterocycles. The first kappa shape index (κ1) is 7.08. The van der Waals surface area contributed by atoms with Crippen LogP contribution in [0.1, 0.15) is 24.2 Å². The van der Waals surface area contributed by atoms with Crippen LogP contribution in [0.3, 0.4) is 0 Å². The fourth-order valence-electron chi connectivity index (χ4n) is 1.35. The minimum Gasteiger partial charge on any atom is -0.411 e. The number of oxime groups is 1. The standard InChI is InChI=1S/C6H7N3O3/c10-7-4-2-1-3-5-6(4)9(11)12-8-5/h10H,1-3H2/b7-4-. The third kappa shape index (κ3) is 0.843. The molecule has 1 aliphatic rings. The number of hydrogen-bond acceptors (Lipinski definition) is 5. The van der Waals surface area contributed by atoms with Crippen LogP contribution in [0.25, 0.3) is 0 Å². The molecule has 1 aliphatic carbocycles. The van der Waals surface area contributed by atoms with Gasteiger partial charge in [0.05, 0.1) is 0 Å². The second-order valence-corrected chi connectivity index (χ2v) is 2.63. The zero-order valence-corrected chi connectivity index (χ0v) is 6.23. The average molecular weight is 169 g/mol. The van der Waals surface area contributed by atoms with Crippen molar-refractivity contribution in [3.05, 3.63) is 16.6 Å². The van der Waals surface area contributed by atoms with Crippen molar-refractivity contribution in [1.82, 2.24) is 5.16 Å². The van der Waals surface area contributed by atoms with Crippen LogP contribution in [0.15, 0.2) is 9.78 Å². The molecule has 0 radical (unpaired) electrons. The Hall–Kier alpha value is -1.59. The van der Waals surface area contributed by atoms with Crippen LogP contribution >= 0.6 is 0 Å². The maximum absolute atomic E-state index is 10.9. The number of rotatable bonds is 0. The number of fused-ring (bicyclic) bond motifs is 1. The quantitative estimate of drug-likeness (QED) is 0.331. The lowest BCUT2D eigenvalue weighted by molar-refractivity contribution is -0.803. The van der Waals surface area contributed by atoms with Crippen molar-refractivity contribution in [1.29, 1.82) is 0 Å². The van der Waals surface area contributed by atoms with Crippen LogP contribution in [0, 0.1) is 5.21 Å². The van der Waals surface area contributed by atoms with E-state index in [2.05, 4.69) is 14.9 Å². The van der Waals surface area contributed by atoms with E-state index < -0.39 is 0 Å². The molecule has 6 nitrogen and oxygen atoms in total. The second kappa shape index (κ2) is 2.47. The summed E-state index contributed by atoms with van der Waals surface area (Å²) in [6, 6.07) is 0. The maximum Gasteiger partial charge on any atom is 0.246 e. The predicted octanol–water partition coefficient (Wildman–Crippen LogP) is -0.177. The topological polar surface area (TPSA) is 85.6 Å². The molecule has 0 fully saturated rings. The van der Waals surface area contributed by atoms with E-state index in [0.717, 1.165) is 6.42 Å². The van der Waals surface area contributed by atoms with Gasteiger partial charge < -0.3 is 10.4 Å². The predicted molar refractivity (Wildman–Crippen MR) is 36.7 cm³/mol. The molecule has 0 bridgehead atoms. The van der Waals surface area contributed by atoms with Crippen LogP contribution in [-0.2, 0) is 6.42 Å². The van der Waals surface area contributed by atoms with Crippen LogP contribution < -0.4 is 4.90 Å². The van der Waals surface area contributed by atoms with Crippen LogP contribution in [0.5, 0.6) is 0 Å². The molecule has 0 saturated heterocycles. The average Bonchev–Trinajstić information content (AvgIpc) is 2.48. The van der Waals surface area contributed by atoms with E-state index in [0.29, 0.717) is 24.2 Å². The van der Waals surface area contributed by atoms with Gasteiger partial charge >= 0.3 is 0 Å². The molecule has 0 unspecified atom stereocenters. The highest BCUT2D eigenvalue weighted by Gasteiger charge is 2.28. The second-order valence-electron chi connectivity index (χ2n) is 2.63. The molecule has 0 spiro atoms. The zero-order chi connectivity index (χ0) is 8.55. The molecular weight excluding hydrogens is 162 g/mol. The Kier molecular flexibility index (Phi) is 1.46. The van der Waals surface area contributed by atoms with Gasteiger partial charge in [-0.1, -0.05) is 5.16 Å². The van der Waals surface area contributed by atoms with Crippen molar-refractivity contribution in [3.8, 4) is 0 Å². The Bertz CT molecular complexity index is 331. The Morgan fingerprint density at radius 2 is 2.42 bits per heavy atom. The van der Waals surface area contributed by atoms with Gasteiger partial charge in [-0.05, 0) is 17.7 Å². The summed E-state index contributed by atoms with van der Waals surface area (Å²) in [7, 11) is 0. The number of aryl methyl sites for hydroxylation is 1. The monoisotopic (exact) mass is 169 g/mol. The molecule has 6 heteroatoms. The molecule has 0 aliphatic heterocycles. The van der Waals surface area contributed by atoms with Crippen molar-refractivity contribution in [2.24, 2.45) is 5.16 Å². The van der Waals surface area contributed by atoms with Crippen molar-refractivity contribution in [2.75, 3.05) is 0 Å². The number of nitrogens with zero attached hydrogens (tertiary/aromatic N) is 3. The van der Waals surface area contributed by atoms with Crippen LogP contribution in [0.2, 0.25) is 0 Å². The molecule has 12 heavy (non-hydrogen) atoms. The van der Waals surface area contributed by atoms with Gasteiger partial charge in [-0.3, -0.25) is 4.63 Å². The van der Waals surface area contributed by atoms with Gasteiger partial charge in [0, 0.05) is 11.6 Å². The van der Waals surface area contributed by atoms with Crippen molar-refractivity contribution in [2.45, 2.75) is 19.3 Å². The molecule has 0 amide bonds. The normalized spacial score (nSPS) is 19.5. The highest BCUT2D eigenvalue weighted by molar-refractivity contribution is 5.98. The Morgan fingerprint density at radius 3 is 3.17 bits per heavy atom. The van der Waals surface area contributed by atoms with Crippen LogP contribution in [-0.4, -0.2) is 16.1 Å². The molecule has 2 rings (SSSR count). The molecule has 0 saturated carbocycles. The van der Waals surface area contributed by atoms with E-state index in [9.17, 15) is 5.21 Å². The fourth-order valence-corrected chi connectivity index (χ4v) is 1.35. The molecule has 1 aromatic rings. The summed E-state index contributed by atoms with van der Waals surface area (Å²) in [6.45, 7) is 0. The van der Waals surface area contributed by atoms with Gasteiger partial charge in [-0.25, -0.2) is 0 Å². The van der Waals surface area contributed by atoms with Crippen molar-refractivity contribution >= 4 is 5.71 Å². The first-order valence-electron chi connectivity index (χ1n) is 3.63. The smallest absolute Gasteiger partial charge is 0.246 e. The summed E-state index contributed by atoms with van der Waals surface area (Å²) in [5.74, 6) is 0. The highest BCUT2D eigenvalue weighted by atomic mass is 16.8. The lowest BCUT2D eigenvalue weighted by atomic mass is 9.99. The van der Waals surface area contributed by atoms with E-state index >= 15 is 0 Å². The summed E-state index contributed by atoms with van der Waals surface area (Å²) in [5.41, 5.74) is 1.19. The molecule has 1 N–H and O–H groups in total. The summed E-state index contributed by atoms with van der Waals surface area (Å²) >= 11 is 0. The lowest BCUT2D eigenvalue weighted by Gasteiger charge is -2.05. The van der Waals surface area contributed by atoms with E-state index in [-0.39, 0.29) is 10.6 Å². The summed E-state index contributed by atoms with van der Waals surface area (Å²) in [6.07, 6.45) is 2.12. The first-order valence-corrected chi connectivity index (χ1v) is 3.63. The van der Waals surface area contributed by atoms with E-state index in [1.54, 1.807) is 0 Å². The van der Waals surface area contributed by atoms with Gasteiger partial charge in [0.25, 0.3) is 0 Å². The Balaban J connectivity index is 2.55. The maximum atomic E-state index is 10.9. The Labute approximate surface area is 67.6 Å². The highest BCUT2D eigenvalue weighted by Crippen LogP contribution is 2.16. The summed E-state index contributed by atoms with van der Waals surface area (Å²) in [4.78, 5) is 0.281. The molecule has 1 heterocycles. The third-order valence-electron chi connectivity index (χ3n) is 1.90. The summed E-state index contributed by atoms with van der Waals surface area (Å²) in [5, 5.41) is 26.0. The van der Waals surface area contributed by atoms with Crippen LogP contribution in [0.4, 0.5) is 0 Å². The van der Waals surface area contributed by atoms with Crippen molar-refractivity contribution in [3.63, 3.8) is 0 Å². The van der Waals surface area contributed by atoms with E-state index in [1.807, 2.05) is 0 Å².